The first-order chi connectivity index (χ1) is 19.8. The van der Waals surface area contributed by atoms with Gasteiger partial charge in [0, 0.05) is 19.9 Å². The van der Waals surface area contributed by atoms with Crippen molar-refractivity contribution in [2.24, 2.45) is 0 Å². The number of rotatable bonds is 10. The third kappa shape index (κ3) is 6.65. The molecule has 0 amide bonds. The lowest BCUT2D eigenvalue weighted by atomic mass is 10.1. The maximum Gasteiger partial charge on any atom is 0.303 e. The van der Waals surface area contributed by atoms with E-state index in [9.17, 15) is 14.7 Å². The summed E-state index contributed by atoms with van der Waals surface area (Å²) in [7, 11) is 0. The fraction of sp³-hybridized carbons (Fsp3) is 0.407. The van der Waals surface area contributed by atoms with Crippen molar-refractivity contribution in [3.05, 3.63) is 65.0 Å². The van der Waals surface area contributed by atoms with Crippen molar-refractivity contribution in [3.8, 4) is 0 Å². The van der Waals surface area contributed by atoms with Crippen LogP contribution in [0.3, 0.4) is 0 Å². The zero-order valence-corrected chi connectivity index (χ0v) is 24.5. The van der Waals surface area contributed by atoms with E-state index in [0.717, 1.165) is 5.56 Å². The smallest absolute Gasteiger partial charge is 0.303 e. The van der Waals surface area contributed by atoms with Crippen LogP contribution in [-0.2, 0) is 36.6 Å². The molecule has 1 saturated heterocycles. The largest absolute Gasteiger partial charge is 0.455 e. The molecule has 0 radical (unpaired) electrons. The molecule has 1 aliphatic rings. The lowest BCUT2D eigenvalue weighted by molar-refractivity contribution is -0.165. The number of halogens is 2. The van der Waals surface area contributed by atoms with Gasteiger partial charge < -0.3 is 29.2 Å². The first kappa shape index (κ1) is 31.2. The Morgan fingerprint density at radius 2 is 1.86 bits per heavy atom. The Balaban J connectivity index is 0.00000405. The van der Waals surface area contributed by atoms with E-state index in [-0.39, 0.29) is 29.9 Å². The summed E-state index contributed by atoms with van der Waals surface area (Å²) < 4.78 is 24.5. The normalized spacial score (nSPS) is 20.6. The number of nitrogens with one attached hydrogen (secondary N) is 1. The fourth-order valence-corrected chi connectivity index (χ4v) is 4.95. The quantitative estimate of drug-likeness (QED) is 0.196. The van der Waals surface area contributed by atoms with E-state index in [0.29, 0.717) is 35.6 Å². The van der Waals surface area contributed by atoms with Crippen LogP contribution in [0.5, 0.6) is 0 Å². The zero-order chi connectivity index (χ0) is 29.1. The summed E-state index contributed by atoms with van der Waals surface area (Å²) in [6.07, 6.45) is -1.56. The lowest BCUT2D eigenvalue weighted by Gasteiger charge is -2.23. The van der Waals surface area contributed by atoms with Crippen molar-refractivity contribution in [2.75, 3.05) is 11.9 Å². The molecule has 224 valence electrons. The van der Waals surface area contributed by atoms with Crippen molar-refractivity contribution in [1.82, 2.24) is 24.7 Å². The number of aliphatic hydroxyl groups is 1. The van der Waals surface area contributed by atoms with Gasteiger partial charge in [0.05, 0.1) is 24.7 Å². The molecule has 0 aliphatic carbocycles. The number of esters is 2. The van der Waals surface area contributed by atoms with Crippen molar-refractivity contribution in [3.63, 3.8) is 0 Å². The minimum atomic E-state index is -1.10. The molecule has 5 atom stereocenters. The monoisotopic (exact) mass is 620 g/mol. The maximum absolute atomic E-state index is 12.2. The number of ether oxygens (including phenoxy) is 3. The van der Waals surface area contributed by atoms with E-state index in [2.05, 4.69) is 25.4 Å². The third-order valence-electron chi connectivity index (χ3n) is 6.57. The summed E-state index contributed by atoms with van der Waals surface area (Å²) in [6.45, 7) is 4.23. The Morgan fingerprint density at radius 1 is 1.14 bits per heavy atom. The van der Waals surface area contributed by atoms with Gasteiger partial charge in [-0.1, -0.05) is 42.4 Å². The molecule has 42 heavy (non-hydrogen) atoms. The molecule has 4 aromatic rings. The molecule has 0 bridgehead atoms. The molecule has 3 aromatic heterocycles. The summed E-state index contributed by atoms with van der Waals surface area (Å²) in [6, 6.07) is 11.0. The Hall–Kier alpha value is -3.78. The van der Waals surface area contributed by atoms with Gasteiger partial charge in [-0.15, -0.1) is 12.4 Å². The molecule has 5 rings (SSSR count). The van der Waals surface area contributed by atoms with Crippen LogP contribution in [0, 0.1) is 0 Å². The van der Waals surface area contributed by atoms with Gasteiger partial charge in [0.25, 0.3) is 0 Å². The summed E-state index contributed by atoms with van der Waals surface area (Å²) in [5, 5.41) is 17.2. The lowest BCUT2D eigenvalue weighted by Crippen LogP contribution is -2.36. The summed E-state index contributed by atoms with van der Waals surface area (Å²) in [5.41, 5.74) is 2.30. The number of carbonyl (C=O) groups excluding carboxylic acids is 2. The van der Waals surface area contributed by atoms with Crippen molar-refractivity contribution < 1.29 is 33.4 Å². The summed E-state index contributed by atoms with van der Waals surface area (Å²) >= 11 is 6.32. The molecular weight excluding hydrogens is 591 g/mol. The standard InChI is InChI=1S/C27H29ClN6O7.ClH/c1-4-17-11-19(41-33-17)21-22(38-14(2)36)23(39-15(3)37)26(40-21)34-13-29-20-24(31-27(28)32-25(20)34)30-18(12-35)10-16-8-6-5-7-9-16;/h5-9,11,13,18,21-23,26,35H,4,10,12H2,1-3H3,(H,30,31,32);1H/t18-,21+,22+,23+,26+;/m0./s1. The number of fused-ring (bicyclic) bond motifs is 1. The number of hydrogen-bond acceptors (Lipinski definition) is 12. The van der Waals surface area contributed by atoms with Gasteiger partial charge in [-0.25, -0.2) is 4.98 Å². The number of aryl methyl sites for hydroxylation is 1. The second kappa shape index (κ2) is 13.5. The average Bonchev–Trinajstić information content (AvgIpc) is 3.66. The van der Waals surface area contributed by atoms with Gasteiger partial charge in [-0.3, -0.25) is 14.2 Å². The predicted molar refractivity (Wildman–Crippen MR) is 152 cm³/mol. The van der Waals surface area contributed by atoms with E-state index in [1.807, 2.05) is 37.3 Å². The summed E-state index contributed by atoms with van der Waals surface area (Å²) in [5.74, 6) is -0.609. The average molecular weight is 621 g/mol. The highest BCUT2D eigenvalue weighted by Gasteiger charge is 2.52. The Bertz CT molecular complexity index is 1530. The van der Waals surface area contributed by atoms with Crippen LogP contribution in [0.15, 0.2) is 47.2 Å². The highest BCUT2D eigenvalue weighted by Crippen LogP contribution is 2.43. The Morgan fingerprint density at radius 3 is 2.50 bits per heavy atom. The molecule has 0 spiro atoms. The molecule has 1 aromatic carbocycles. The molecule has 0 saturated carbocycles. The number of aliphatic hydroxyl groups excluding tert-OH is 1. The number of aromatic nitrogens is 5. The van der Waals surface area contributed by atoms with E-state index in [1.54, 1.807) is 6.07 Å². The SMILES string of the molecule is CCc1cc([C@H]2O[C@@H](n3cnc4c(N[C@H](CO)Cc5ccccc5)nc(Cl)nc43)[C@H](OC(C)=O)[C@@H]2OC(C)=O)on1.Cl. The highest BCUT2D eigenvalue weighted by atomic mass is 35.5. The molecule has 4 heterocycles. The fourth-order valence-electron chi connectivity index (χ4n) is 4.79. The maximum atomic E-state index is 12.2. The van der Waals surface area contributed by atoms with E-state index in [4.69, 9.17) is 30.3 Å². The van der Waals surface area contributed by atoms with Crippen LogP contribution >= 0.6 is 24.0 Å². The number of benzene rings is 1. The van der Waals surface area contributed by atoms with E-state index < -0.39 is 42.5 Å². The second-order valence-electron chi connectivity index (χ2n) is 9.55. The Labute approximate surface area is 251 Å². The van der Waals surface area contributed by atoms with Crippen LogP contribution in [0.1, 0.15) is 50.1 Å². The van der Waals surface area contributed by atoms with Crippen LogP contribution in [0.4, 0.5) is 5.82 Å². The zero-order valence-electron chi connectivity index (χ0n) is 23.0. The molecule has 0 unspecified atom stereocenters. The van der Waals surface area contributed by atoms with Gasteiger partial charge in [0.1, 0.15) is 0 Å². The number of nitrogens with zero attached hydrogens (tertiary/aromatic N) is 5. The van der Waals surface area contributed by atoms with Gasteiger partial charge in [-0.2, -0.15) is 9.97 Å². The minimum absolute atomic E-state index is 0. The number of hydrogen-bond donors (Lipinski definition) is 2. The molecule has 15 heteroatoms. The third-order valence-corrected chi connectivity index (χ3v) is 6.74. The molecule has 2 N–H and O–H groups in total. The van der Waals surface area contributed by atoms with Crippen molar-refractivity contribution in [2.45, 2.75) is 64.2 Å². The molecule has 1 fully saturated rings. The number of carbonyl (C=O) groups is 2. The molecule has 1 aliphatic heterocycles. The van der Waals surface area contributed by atoms with Crippen molar-refractivity contribution in [1.29, 1.82) is 0 Å². The summed E-state index contributed by atoms with van der Waals surface area (Å²) in [4.78, 5) is 37.4. The topological polar surface area (TPSA) is 164 Å². The minimum Gasteiger partial charge on any atom is -0.455 e. The van der Waals surface area contributed by atoms with Crippen LogP contribution in [-0.4, -0.2) is 66.6 Å². The van der Waals surface area contributed by atoms with E-state index in [1.165, 1.54) is 24.7 Å². The van der Waals surface area contributed by atoms with Gasteiger partial charge in [0.15, 0.2) is 47.3 Å². The molecular formula is C27H30Cl2N6O7. The first-order valence-electron chi connectivity index (χ1n) is 13.0. The predicted octanol–water partition coefficient (Wildman–Crippen LogP) is 3.60. The van der Waals surface area contributed by atoms with Gasteiger partial charge in [-0.05, 0) is 30.0 Å². The van der Waals surface area contributed by atoms with Gasteiger partial charge >= 0.3 is 11.9 Å². The highest BCUT2D eigenvalue weighted by molar-refractivity contribution is 6.28. The molecule has 13 nitrogen and oxygen atoms in total. The van der Waals surface area contributed by atoms with Crippen LogP contribution in [0.25, 0.3) is 11.2 Å². The number of imidazole rings is 1. The van der Waals surface area contributed by atoms with E-state index >= 15 is 0 Å². The Kier molecular flexibility index (Phi) is 9.99. The van der Waals surface area contributed by atoms with Crippen molar-refractivity contribution >= 4 is 52.9 Å². The number of anilines is 1. The second-order valence-corrected chi connectivity index (χ2v) is 9.89. The first-order valence-corrected chi connectivity index (χ1v) is 13.4. The van der Waals surface area contributed by atoms with Gasteiger partial charge in [0.2, 0.25) is 5.28 Å². The van der Waals surface area contributed by atoms with Crippen LogP contribution < -0.4 is 5.32 Å². The van der Waals surface area contributed by atoms with Crippen LogP contribution in [0.2, 0.25) is 5.28 Å².